The van der Waals surface area contributed by atoms with E-state index in [1.165, 1.54) is 4.90 Å². The lowest BCUT2D eigenvalue weighted by Crippen LogP contribution is -2.59. The number of hydrogen-bond acceptors (Lipinski definition) is 11. The van der Waals surface area contributed by atoms with Crippen LogP contribution in [0.1, 0.15) is 111 Å². The summed E-state index contributed by atoms with van der Waals surface area (Å²) in [5.41, 5.74) is -0.568. The van der Waals surface area contributed by atoms with Gasteiger partial charge in [0.2, 0.25) is 27.7 Å². The van der Waals surface area contributed by atoms with Gasteiger partial charge in [-0.2, -0.15) is 0 Å². The summed E-state index contributed by atoms with van der Waals surface area (Å²) in [5.74, 6) is -1.75. The first-order valence-electron chi connectivity index (χ1n) is 20.2. The Labute approximate surface area is 335 Å². The van der Waals surface area contributed by atoms with Crippen molar-refractivity contribution >= 4 is 44.9 Å². The van der Waals surface area contributed by atoms with E-state index in [-0.39, 0.29) is 43.0 Å². The van der Waals surface area contributed by atoms with Crippen molar-refractivity contribution in [2.24, 2.45) is 17.8 Å². The molecular weight excluding hydrogens is 753 g/mol. The smallest absolute Gasteiger partial charge is 0.408 e. The average molecular weight is 811 g/mol. The van der Waals surface area contributed by atoms with Gasteiger partial charge >= 0.3 is 6.09 Å². The van der Waals surface area contributed by atoms with Crippen molar-refractivity contribution in [3.05, 3.63) is 36.0 Å². The summed E-state index contributed by atoms with van der Waals surface area (Å²) in [6.45, 7) is 13.2. The van der Waals surface area contributed by atoms with E-state index in [9.17, 15) is 27.6 Å². The highest BCUT2D eigenvalue weighted by molar-refractivity contribution is 7.91. The zero-order chi connectivity index (χ0) is 41.4. The number of methoxy groups -OCH3 is 1. The quantitative estimate of drug-likeness (QED) is 0.292. The second-order valence-electron chi connectivity index (χ2n) is 17.5. The van der Waals surface area contributed by atoms with E-state index in [1.807, 2.05) is 39.0 Å². The molecule has 2 saturated carbocycles. The molecule has 16 heteroatoms. The lowest BCUT2D eigenvalue weighted by Gasteiger charge is -2.34. The number of benzene rings is 1. The topological polar surface area (TPSA) is 195 Å². The van der Waals surface area contributed by atoms with Gasteiger partial charge in [-0.05, 0) is 83.3 Å². The van der Waals surface area contributed by atoms with E-state index < -0.39 is 74.3 Å². The highest BCUT2D eigenvalue weighted by Gasteiger charge is 2.62. The van der Waals surface area contributed by atoms with E-state index in [0.29, 0.717) is 54.6 Å². The largest absolute Gasteiger partial charge is 0.497 e. The van der Waals surface area contributed by atoms with Gasteiger partial charge in [-0.25, -0.2) is 23.2 Å². The number of fused-ring (bicyclic) bond motifs is 3. The molecule has 57 heavy (non-hydrogen) atoms. The van der Waals surface area contributed by atoms with Crippen LogP contribution in [0.4, 0.5) is 4.79 Å². The number of sulfonamides is 1. The number of nitrogens with zero attached hydrogens (tertiary/aromatic N) is 3. The lowest BCUT2D eigenvalue weighted by molar-refractivity contribution is -0.142. The molecule has 0 radical (unpaired) electrons. The van der Waals surface area contributed by atoms with Crippen LogP contribution in [-0.4, -0.2) is 95.3 Å². The summed E-state index contributed by atoms with van der Waals surface area (Å²) in [4.78, 5) is 67.9. The van der Waals surface area contributed by atoms with Crippen molar-refractivity contribution in [3.63, 3.8) is 0 Å². The first-order chi connectivity index (χ1) is 26.8. The second kappa shape index (κ2) is 16.4. The SMILES string of the molecule is CCC1CC(C)CCC=CC2CC2(C(=O)NS(=O)(=O)C2CC2)NC(=O)C2CC(Oc3nc4cc(OC)ccc4nc3C(C)C)CN2C(=O)C1NC(=O)OC(C)(C)C. The van der Waals surface area contributed by atoms with Gasteiger partial charge in [0.25, 0.3) is 5.91 Å². The highest BCUT2D eigenvalue weighted by atomic mass is 32.2. The van der Waals surface area contributed by atoms with Crippen molar-refractivity contribution in [2.75, 3.05) is 13.7 Å². The number of carbonyl (C=O) groups excluding carboxylic acids is 4. The number of ether oxygens (including phenoxy) is 3. The molecule has 7 unspecified atom stereocenters. The monoisotopic (exact) mass is 810 g/mol. The van der Waals surface area contributed by atoms with Gasteiger partial charge in [0.1, 0.15) is 40.8 Å². The van der Waals surface area contributed by atoms with Crippen LogP contribution in [0.15, 0.2) is 30.4 Å². The van der Waals surface area contributed by atoms with Gasteiger partial charge in [-0.15, -0.1) is 0 Å². The maximum atomic E-state index is 15.0. The molecule has 312 valence electrons. The molecule has 3 heterocycles. The molecule has 2 aliphatic carbocycles. The van der Waals surface area contributed by atoms with Crippen LogP contribution in [0.5, 0.6) is 11.6 Å². The summed E-state index contributed by atoms with van der Waals surface area (Å²) < 4.78 is 45.7. The summed E-state index contributed by atoms with van der Waals surface area (Å²) >= 11 is 0. The van der Waals surface area contributed by atoms with E-state index in [2.05, 4.69) is 22.3 Å². The van der Waals surface area contributed by atoms with E-state index >= 15 is 0 Å². The van der Waals surface area contributed by atoms with E-state index in [0.717, 1.165) is 6.42 Å². The molecule has 6 rings (SSSR count). The Morgan fingerprint density at radius 1 is 1.09 bits per heavy atom. The minimum atomic E-state index is -3.91. The third-order valence-electron chi connectivity index (χ3n) is 11.3. The number of rotatable bonds is 9. The Balaban J connectivity index is 1.38. The maximum absolute atomic E-state index is 15.0. The van der Waals surface area contributed by atoms with Gasteiger partial charge in [-0.3, -0.25) is 19.1 Å². The van der Waals surface area contributed by atoms with Crippen LogP contribution in [-0.2, 0) is 29.1 Å². The summed E-state index contributed by atoms with van der Waals surface area (Å²) in [6.07, 6.45) is 6.14. The van der Waals surface area contributed by atoms with Gasteiger partial charge in [-0.1, -0.05) is 46.3 Å². The number of alkyl carbamates (subject to hydrolysis) is 1. The van der Waals surface area contributed by atoms with Crippen LogP contribution in [0.3, 0.4) is 0 Å². The molecule has 3 N–H and O–H groups in total. The van der Waals surface area contributed by atoms with E-state index in [1.54, 1.807) is 40.0 Å². The first-order valence-corrected chi connectivity index (χ1v) is 21.8. The standard InChI is InChI=1S/C41H58N6O9S/c1-9-25-18-24(4)12-10-11-13-26-21-41(26,38(50)46-57(52,53)29-15-16-29)45-35(48)32-20-28(22-47(32)37(49)34(25)44-39(51)56-40(5,6)7)55-36-33(23(2)3)42-30-17-14-27(54-8)19-31(30)43-36/h11,13-14,17,19,23-26,28-29,32,34H,9-10,12,15-16,18,20-22H2,1-8H3,(H,44,51)(H,45,48)(H,46,50). The number of allylic oxidation sites excluding steroid dienone is 1. The number of amides is 4. The van der Waals surface area contributed by atoms with Gasteiger partial charge in [0, 0.05) is 24.3 Å². The third-order valence-corrected chi connectivity index (χ3v) is 13.2. The minimum absolute atomic E-state index is 0.0257. The molecule has 1 saturated heterocycles. The predicted molar refractivity (Wildman–Crippen MR) is 213 cm³/mol. The van der Waals surface area contributed by atoms with Gasteiger partial charge in [0.05, 0.1) is 29.9 Å². The van der Waals surface area contributed by atoms with E-state index in [4.69, 9.17) is 24.2 Å². The zero-order valence-corrected chi connectivity index (χ0v) is 35.1. The fourth-order valence-electron chi connectivity index (χ4n) is 7.93. The van der Waals surface area contributed by atoms with Crippen molar-refractivity contribution in [1.82, 2.24) is 30.2 Å². The summed E-state index contributed by atoms with van der Waals surface area (Å²) in [6, 6.07) is 3.18. The van der Waals surface area contributed by atoms with Crippen molar-refractivity contribution < 1.29 is 41.8 Å². The van der Waals surface area contributed by atoms with Crippen LogP contribution >= 0.6 is 0 Å². The maximum Gasteiger partial charge on any atom is 0.408 e. The van der Waals surface area contributed by atoms with Crippen LogP contribution < -0.4 is 24.8 Å². The minimum Gasteiger partial charge on any atom is -0.497 e. The van der Waals surface area contributed by atoms with Crippen LogP contribution in [0, 0.1) is 17.8 Å². The number of hydrogen-bond donors (Lipinski definition) is 3. The normalized spacial score (nSPS) is 28.4. The van der Waals surface area contributed by atoms with Crippen molar-refractivity contribution in [3.8, 4) is 11.6 Å². The Morgan fingerprint density at radius 3 is 2.47 bits per heavy atom. The number of nitrogens with one attached hydrogen (secondary N) is 3. The van der Waals surface area contributed by atoms with Gasteiger partial charge < -0.3 is 29.7 Å². The molecule has 2 aromatic rings. The highest BCUT2D eigenvalue weighted by Crippen LogP contribution is 2.46. The van der Waals surface area contributed by atoms with Gasteiger partial charge in [0.15, 0.2) is 0 Å². The predicted octanol–water partition coefficient (Wildman–Crippen LogP) is 4.89. The lowest BCUT2D eigenvalue weighted by atomic mass is 9.85. The number of aromatic nitrogens is 2. The Bertz CT molecular complexity index is 2010. The average Bonchev–Trinajstić information content (AvgIpc) is 4.06. The molecule has 7 atom stereocenters. The summed E-state index contributed by atoms with van der Waals surface area (Å²) in [7, 11) is -2.35. The first kappa shape index (κ1) is 42.1. The molecule has 2 aliphatic heterocycles. The molecule has 0 spiro atoms. The molecule has 1 aromatic heterocycles. The molecular formula is C41H58N6O9S. The fraction of sp³-hybridized carbons (Fsp3) is 0.659. The Kier molecular flexibility index (Phi) is 12.1. The third kappa shape index (κ3) is 9.64. The molecule has 1 aromatic carbocycles. The summed E-state index contributed by atoms with van der Waals surface area (Å²) in [5, 5.41) is 5.14. The number of carbonyl (C=O) groups is 4. The molecule has 0 bridgehead atoms. The second-order valence-corrected chi connectivity index (χ2v) is 19.5. The Hall–Kier alpha value is -4.47. The van der Waals surface area contributed by atoms with Crippen molar-refractivity contribution in [2.45, 2.75) is 140 Å². The molecule has 4 amide bonds. The van der Waals surface area contributed by atoms with Crippen LogP contribution in [0.2, 0.25) is 0 Å². The molecule has 3 fully saturated rings. The molecule has 15 nitrogen and oxygen atoms in total. The molecule has 4 aliphatic rings. The fourth-order valence-corrected chi connectivity index (χ4v) is 9.29. The Morgan fingerprint density at radius 2 is 1.82 bits per heavy atom. The zero-order valence-electron chi connectivity index (χ0n) is 34.3. The van der Waals surface area contributed by atoms with Crippen LogP contribution in [0.25, 0.3) is 11.0 Å². The van der Waals surface area contributed by atoms with Crippen molar-refractivity contribution in [1.29, 1.82) is 0 Å².